The van der Waals surface area contributed by atoms with E-state index in [4.69, 9.17) is 18.6 Å². The van der Waals surface area contributed by atoms with Crippen LogP contribution in [-0.2, 0) is 11.2 Å². The predicted octanol–water partition coefficient (Wildman–Crippen LogP) is 5.04. The van der Waals surface area contributed by atoms with Crippen LogP contribution in [0.2, 0.25) is 0 Å². The molecule has 0 aliphatic rings. The number of amides is 1. The van der Waals surface area contributed by atoms with Crippen molar-refractivity contribution < 1.29 is 23.4 Å². The molecule has 0 fully saturated rings. The van der Waals surface area contributed by atoms with Gasteiger partial charge in [-0.05, 0) is 70.4 Å². The number of nitrogens with zero attached hydrogens (tertiary/aromatic N) is 2. The van der Waals surface area contributed by atoms with Crippen molar-refractivity contribution in [3.8, 4) is 28.7 Å². The molecule has 0 aliphatic heterocycles. The van der Waals surface area contributed by atoms with E-state index in [1.165, 1.54) is 5.56 Å². The molecule has 0 unspecified atom stereocenters. The van der Waals surface area contributed by atoms with Gasteiger partial charge in [0, 0.05) is 5.56 Å². The van der Waals surface area contributed by atoms with E-state index < -0.39 is 0 Å². The van der Waals surface area contributed by atoms with E-state index in [1.54, 1.807) is 12.1 Å². The Morgan fingerprint density at radius 3 is 2.00 bits per heavy atom. The molecule has 0 radical (unpaired) electrons. The molecule has 176 valence electrons. The van der Waals surface area contributed by atoms with E-state index in [0.717, 1.165) is 16.7 Å². The number of aromatic nitrogens is 2. The quantitative estimate of drug-likeness (QED) is 0.459. The SMILES string of the molecule is CCOc1cc(-c2nnc(NC(=O)Cc3c(C)cc(C)cc3C)o2)cc(OCC)c1OCC. The summed E-state index contributed by atoms with van der Waals surface area (Å²) in [4.78, 5) is 12.6. The summed E-state index contributed by atoms with van der Waals surface area (Å²) < 4.78 is 22.9. The molecule has 1 aromatic heterocycles. The van der Waals surface area contributed by atoms with Crippen LogP contribution in [0.25, 0.3) is 11.5 Å². The fraction of sp³-hybridized carbons (Fsp3) is 0.400. The second-order valence-corrected chi connectivity index (χ2v) is 7.62. The molecule has 0 bridgehead atoms. The van der Waals surface area contributed by atoms with Gasteiger partial charge in [0.15, 0.2) is 11.5 Å². The number of benzene rings is 2. The van der Waals surface area contributed by atoms with Crippen molar-refractivity contribution in [3.63, 3.8) is 0 Å². The van der Waals surface area contributed by atoms with Crippen LogP contribution >= 0.6 is 0 Å². The molecule has 1 amide bonds. The number of hydrogen-bond acceptors (Lipinski definition) is 7. The van der Waals surface area contributed by atoms with Crippen molar-refractivity contribution in [1.29, 1.82) is 0 Å². The van der Waals surface area contributed by atoms with Crippen molar-refractivity contribution in [3.05, 3.63) is 46.5 Å². The molecule has 0 aliphatic carbocycles. The zero-order chi connectivity index (χ0) is 24.0. The van der Waals surface area contributed by atoms with Gasteiger partial charge in [0.25, 0.3) is 0 Å². The van der Waals surface area contributed by atoms with E-state index in [-0.39, 0.29) is 24.2 Å². The molecule has 0 saturated carbocycles. The monoisotopic (exact) mass is 453 g/mol. The summed E-state index contributed by atoms with van der Waals surface area (Å²) in [6.07, 6.45) is 0.224. The van der Waals surface area contributed by atoms with Gasteiger partial charge in [-0.15, -0.1) is 5.10 Å². The smallest absolute Gasteiger partial charge is 0.322 e. The van der Waals surface area contributed by atoms with Crippen molar-refractivity contribution in [2.24, 2.45) is 0 Å². The van der Waals surface area contributed by atoms with Crippen LogP contribution in [0.3, 0.4) is 0 Å². The number of hydrogen-bond donors (Lipinski definition) is 1. The normalized spacial score (nSPS) is 10.7. The molecule has 8 heteroatoms. The summed E-state index contributed by atoms with van der Waals surface area (Å²) in [5, 5.41) is 10.8. The lowest BCUT2D eigenvalue weighted by molar-refractivity contribution is -0.115. The number of aryl methyl sites for hydroxylation is 3. The summed E-state index contributed by atoms with van der Waals surface area (Å²) in [6, 6.07) is 7.68. The van der Waals surface area contributed by atoms with Crippen LogP contribution in [0.5, 0.6) is 17.2 Å². The molecule has 3 rings (SSSR count). The summed E-state index contributed by atoms with van der Waals surface area (Å²) in [5.74, 6) is 1.58. The first kappa shape index (κ1) is 24.1. The third kappa shape index (κ3) is 5.83. The first-order valence-corrected chi connectivity index (χ1v) is 11.1. The highest BCUT2D eigenvalue weighted by Gasteiger charge is 2.20. The molecule has 1 heterocycles. The van der Waals surface area contributed by atoms with Crippen molar-refractivity contribution in [2.75, 3.05) is 25.1 Å². The van der Waals surface area contributed by atoms with Crippen LogP contribution in [0.4, 0.5) is 6.01 Å². The highest BCUT2D eigenvalue weighted by Crippen LogP contribution is 2.41. The van der Waals surface area contributed by atoms with Gasteiger partial charge in [0.05, 0.1) is 26.2 Å². The van der Waals surface area contributed by atoms with Crippen LogP contribution in [-0.4, -0.2) is 35.9 Å². The van der Waals surface area contributed by atoms with Gasteiger partial charge in [0.2, 0.25) is 17.5 Å². The second-order valence-electron chi connectivity index (χ2n) is 7.62. The Morgan fingerprint density at radius 1 is 0.879 bits per heavy atom. The number of rotatable bonds is 10. The molecule has 3 aromatic rings. The fourth-order valence-corrected chi connectivity index (χ4v) is 3.72. The number of nitrogens with one attached hydrogen (secondary N) is 1. The van der Waals surface area contributed by atoms with E-state index in [2.05, 4.69) is 27.6 Å². The minimum atomic E-state index is -0.225. The maximum Gasteiger partial charge on any atom is 0.322 e. The molecule has 0 saturated heterocycles. The molecule has 0 atom stereocenters. The highest BCUT2D eigenvalue weighted by atomic mass is 16.5. The van der Waals surface area contributed by atoms with Gasteiger partial charge < -0.3 is 18.6 Å². The number of anilines is 1. The minimum Gasteiger partial charge on any atom is -0.490 e. The Labute approximate surface area is 194 Å². The Bertz CT molecular complexity index is 1070. The van der Waals surface area contributed by atoms with Crippen molar-refractivity contribution in [1.82, 2.24) is 10.2 Å². The molecule has 8 nitrogen and oxygen atoms in total. The van der Waals surface area contributed by atoms with Crippen molar-refractivity contribution in [2.45, 2.75) is 48.0 Å². The van der Waals surface area contributed by atoms with E-state index in [0.29, 0.717) is 42.6 Å². The second kappa shape index (κ2) is 10.8. The highest BCUT2D eigenvalue weighted by molar-refractivity contribution is 5.90. The van der Waals surface area contributed by atoms with Gasteiger partial charge in [0.1, 0.15) is 0 Å². The Kier molecular flexibility index (Phi) is 7.92. The molecular formula is C25H31N3O5. The zero-order valence-electron chi connectivity index (χ0n) is 20.1. The largest absolute Gasteiger partial charge is 0.490 e. The first-order valence-electron chi connectivity index (χ1n) is 11.1. The number of ether oxygens (including phenoxy) is 3. The van der Waals surface area contributed by atoms with Gasteiger partial charge in [-0.2, -0.15) is 0 Å². The van der Waals surface area contributed by atoms with Crippen LogP contribution in [0.15, 0.2) is 28.7 Å². The maximum absolute atomic E-state index is 12.6. The minimum absolute atomic E-state index is 0.0298. The summed E-state index contributed by atoms with van der Waals surface area (Å²) in [7, 11) is 0. The fourth-order valence-electron chi connectivity index (χ4n) is 3.72. The van der Waals surface area contributed by atoms with E-state index in [9.17, 15) is 4.79 Å². The third-order valence-corrected chi connectivity index (χ3v) is 5.01. The topological polar surface area (TPSA) is 95.7 Å². The van der Waals surface area contributed by atoms with Gasteiger partial charge in [-0.3, -0.25) is 10.1 Å². The summed E-state index contributed by atoms with van der Waals surface area (Å²) in [5.41, 5.74) is 4.92. The lowest BCUT2D eigenvalue weighted by Gasteiger charge is -2.16. The van der Waals surface area contributed by atoms with Crippen LogP contribution in [0.1, 0.15) is 43.0 Å². The predicted molar refractivity (Wildman–Crippen MR) is 126 cm³/mol. The molecule has 33 heavy (non-hydrogen) atoms. The first-order chi connectivity index (χ1) is 15.9. The van der Waals surface area contributed by atoms with E-state index >= 15 is 0 Å². The zero-order valence-corrected chi connectivity index (χ0v) is 20.1. The average Bonchev–Trinajstić information content (AvgIpc) is 3.21. The standard InChI is InChI=1S/C25H31N3O5/c1-7-30-20-12-18(13-21(31-8-2)23(20)32-9-3)24-27-28-25(33-24)26-22(29)14-19-16(5)10-15(4)11-17(19)6/h10-13H,7-9,14H2,1-6H3,(H,26,28,29). The molecule has 0 spiro atoms. The average molecular weight is 454 g/mol. The van der Waals surface area contributed by atoms with E-state index in [1.807, 2.05) is 41.5 Å². The molecule has 1 N–H and O–H groups in total. The number of carbonyl (C=O) groups excluding carboxylic acids is 1. The maximum atomic E-state index is 12.6. The Morgan fingerprint density at radius 2 is 1.45 bits per heavy atom. The van der Waals surface area contributed by atoms with Gasteiger partial charge in [-0.25, -0.2) is 0 Å². The van der Waals surface area contributed by atoms with Crippen LogP contribution < -0.4 is 19.5 Å². The lowest BCUT2D eigenvalue weighted by Crippen LogP contribution is -2.16. The van der Waals surface area contributed by atoms with Gasteiger partial charge in [-0.1, -0.05) is 22.8 Å². The number of carbonyl (C=O) groups is 1. The Hall–Kier alpha value is -3.55. The van der Waals surface area contributed by atoms with Crippen molar-refractivity contribution >= 4 is 11.9 Å². The Balaban J connectivity index is 1.82. The van der Waals surface area contributed by atoms with Gasteiger partial charge >= 0.3 is 6.01 Å². The lowest BCUT2D eigenvalue weighted by atomic mass is 9.97. The third-order valence-electron chi connectivity index (χ3n) is 5.01. The summed E-state index contributed by atoms with van der Waals surface area (Å²) >= 11 is 0. The van der Waals surface area contributed by atoms with Crippen LogP contribution in [0, 0.1) is 20.8 Å². The molecule has 2 aromatic carbocycles. The molecular weight excluding hydrogens is 422 g/mol. The summed E-state index contributed by atoms with van der Waals surface area (Å²) in [6.45, 7) is 13.1.